The van der Waals surface area contributed by atoms with Crippen molar-refractivity contribution >= 4 is 23.2 Å². The van der Waals surface area contributed by atoms with Crippen molar-refractivity contribution in [3.8, 4) is 0 Å². The highest BCUT2D eigenvalue weighted by Crippen LogP contribution is 2.30. The highest BCUT2D eigenvalue weighted by atomic mass is 32.1. The number of piperidine rings is 1. The van der Waals surface area contributed by atoms with Gasteiger partial charge in [0.2, 0.25) is 5.91 Å². The maximum Gasteiger partial charge on any atom is 0.268 e. The molecule has 1 aliphatic rings. The van der Waals surface area contributed by atoms with Crippen LogP contribution in [0.25, 0.3) is 0 Å². The first-order valence-electron chi connectivity index (χ1n) is 5.58. The molecule has 1 saturated heterocycles. The number of rotatable bonds is 2. The fourth-order valence-corrected chi connectivity index (χ4v) is 3.01. The number of carbonyl (C=O) groups excluding carboxylic acids is 2. The van der Waals surface area contributed by atoms with Crippen LogP contribution in [-0.4, -0.2) is 34.8 Å². The summed E-state index contributed by atoms with van der Waals surface area (Å²) in [5.74, 6) is -0.00205. The summed E-state index contributed by atoms with van der Waals surface area (Å²) in [4.78, 5) is 28.2. The minimum atomic E-state index is -0.478. The minimum Gasteiger partial charge on any atom is -0.364 e. The average molecular weight is 253 g/mol. The third-order valence-corrected chi connectivity index (χ3v) is 4.07. The van der Waals surface area contributed by atoms with Crippen molar-refractivity contribution in [2.45, 2.75) is 25.7 Å². The first kappa shape index (κ1) is 12.0. The van der Waals surface area contributed by atoms with Crippen LogP contribution in [0.15, 0.2) is 5.38 Å². The standard InChI is InChI=1S/C11H15N3O2S/c1-7(15)14-4-2-8(3-5-14)11-13-9(6-17-11)10(12)16/h6,8H,2-5H2,1H3,(H2,12,16). The van der Waals surface area contributed by atoms with Crippen molar-refractivity contribution in [3.05, 3.63) is 16.1 Å². The van der Waals surface area contributed by atoms with Crippen LogP contribution < -0.4 is 5.73 Å². The Labute approximate surface area is 104 Å². The van der Waals surface area contributed by atoms with Gasteiger partial charge in [0.1, 0.15) is 5.69 Å². The molecular formula is C11H15N3O2S. The van der Waals surface area contributed by atoms with Crippen LogP contribution in [0.4, 0.5) is 0 Å². The van der Waals surface area contributed by atoms with E-state index in [4.69, 9.17) is 5.73 Å². The lowest BCUT2D eigenvalue weighted by Gasteiger charge is -2.30. The Kier molecular flexibility index (Phi) is 3.42. The molecule has 2 amide bonds. The van der Waals surface area contributed by atoms with Gasteiger partial charge in [0.15, 0.2) is 0 Å². The van der Waals surface area contributed by atoms with E-state index in [-0.39, 0.29) is 5.91 Å². The highest BCUT2D eigenvalue weighted by Gasteiger charge is 2.24. The molecule has 2 rings (SSSR count). The van der Waals surface area contributed by atoms with Crippen LogP contribution >= 0.6 is 11.3 Å². The van der Waals surface area contributed by atoms with Gasteiger partial charge in [-0.3, -0.25) is 9.59 Å². The normalized spacial score (nSPS) is 17.1. The number of carbonyl (C=O) groups is 2. The maximum absolute atomic E-state index is 11.2. The molecule has 0 unspecified atom stereocenters. The molecule has 0 saturated carbocycles. The van der Waals surface area contributed by atoms with E-state index in [0.717, 1.165) is 30.9 Å². The molecule has 0 bridgehead atoms. The Morgan fingerprint density at radius 1 is 1.47 bits per heavy atom. The molecule has 0 spiro atoms. The Morgan fingerprint density at radius 3 is 2.59 bits per heavy atom. The molecule has 5 nitrogen and oxygen atoms in total. The summed E-state index contributed by atoms with van der Waals surface area (Å²) < 4.78 is 0. The lowest BCUT2D eigenvalue weighted by atomic mass is 9.97. The highest BCUT2D eigenvalue weighted by molar-refractivity contribution is 7.09. The first-order chi connectivity index (χ1) is 8.08. The van der Waals surface area contributed by atoms with E-state index >= 15 is 0 Å². The van der Waals surface area contributed by atoms with Gasteiger partial charge in [-0.2, -0.15) is 0 Å². The molecule has 2 heterocycles. The number of aromatic nitrogens is 1. The zero-order valence-electron chi connectivity index (χ0n) is 9.68. The summed E-state index contributed by atoms with van der Waals surface area (Å²) in [6, 6.07) is 0. The van der Waals surface area contributed by atoms with Crippen molar-refractivity contribution in [1.82, 2.24) is 9.88 Å². The van der Waals surface area contributed by atoms with Gasteiger partial charge in [0, 0.05) is 31.3 Å². The van der Waals surface area contributed by atoms with E-state index in [2.05, 4.69) is 4.98 Å². The fourth-order valence-electron chi connectivity index (χ4n) is 2.03. The van der Waals surface area contributed by atoms with Gasteiger partial charge in [-0.1, -0.05) is 0 Å². The van der Waals surface area contributed by atoms with Crippen LogP contribution in [-0.2, 0) is 4.79 Å². The van der Waals surface area contributed by atoms with Gasteiger partial charge in [0.05, 0.1) is 5.01 Å². The lowest BCUT2D eigenvalue weighted by molar-refractivity contribution is -0.129. The van der Waals surface area contributed by atoms with Gasteiger partial charge in [-0.25, -0.2) is 4.98 Å². The summed E-state index contributed by atoms with van der Waals surface area (Å²) >= 11 is 1.48. The summed E-state index contributed by atoms with van der Waals surface area (Å²) in [6.45, 7) is 3.13. The van der Waals surface area contributed by atoms with Gasteiger partial charge >= 0.3 is 0 Å². The Balaban J connectivity index is 2.00. The average Bonchev–Trinajstić information content (AvgIpc) is 2.78. The Morgan fingerprint density at radius 2 is 2.12 bits per heavy atom. The zero-order chi connectivity index (χ0) is 12.4. The number of hydrogen-bond donors (Lipinski definition) is 1. The second kappa shape index (κ2) is 4.83. The van der Waals surface area contributed by atoms with E-state index in [1.807, 2.05) is 4.90 Å². The summed E-state index contributed by atoms with van der Waals surface area (Å²) in [5.41, 5.74) is 5.52. The number of likely N-dealkylation sites (tertiary alicyclic amines) is 1. The molecular weight excluding hydrogens is 238 g/mol. The monoisotopic (exact) mass is 253 g/mol. The van der Waals surface area contributed by atoms with E-state index in [1.54, 1.807) is 12.3 Å². The maximum atomic E-state index is 11.2. The molecule has 6 heteroatoms. The lowest BCUT2D eigenvalue weighted by Crippen LogP contribution is -2.36. The molecule has 1 aliphatic heterocycles. The number of hydrogen-bond acceptors (Lipinski definition) is 4. The predicted octanol–water partition coefficient (Wildman–Crippen LogP) is 0.968. The molecule has 0 radical (unpaired) electrons. The molecule has 1 aromatic rings. The molecule has 0 atom stereocenters. The summed E-state index contributed by atoms with van der Waals surface area (Å²) in [7, 11) is 0. The number of amides is 2. The zero-order valence-corrected chi connectivity index (χ0v) is 10.5. The second-order valence-corrected chi connectivity index (χ2v) is 5.11. The molecule has 0 aliphatic carbocycles. The molecule has 17 heavy (non-hydrogen) atoms. The SMILES string of the molecule is CC(=O)N1CCC(c2nc(C(N)=O)cs2)CC1. The topological polar surface area (TPSA) is 76.3 Å². The van der Waals surface area contributed by atoms with Crippen LogP contribution in [0.1, 0.15) is 41.2 Å². The van der Waals surface area contributed by atoms with Crippen molar-refractivity contribution in [2.75, 3.05) is 13.1 Å². The van der Waals surface area contributed by atoms with Gasteiger partial charge in [-0.15, -0.1) is 11.3 Å². The molecule has 92 valence electrons. The van der Waals surface area contributed by atoms with Crippen molar-refractivity contribution < 1.29 is 9.59 Å². The predicted molar refractivity (Wildman–Crippen MR) is 64.9 cm³/mol. The van der Waals surface area contributed by atoms with E-state index in [9.17, 15) is 9.59 Å². The third kappa shape index (κ3) is 2.63. The minimum absolute atomic E-state index is 0.125. The number of thiazole rings is 1. The van der Waals surface area contributed by atoms with Gasteiger partial charge in [-0.05, 0) is 12.8 Å². The molecule has 2 N–H and O–H groups in total. The van der Waals surface area contributed by atoms with Crippen LogP contribution in [0.2, 0.25) is 0 Å². The summed E-state index contributed by atoms with van der Waals surface area (Å²) in [6.07, 6.45) is 1.82. The number of nitrogens with two attached hydrogens (primary N) is 1. The van der Waals surface area contributed by atoms with Gasteiger partial charge in [0.25, 0.3) is 5.91 Å². The van der Waals surface area contributed by atoms with E-state index in [1.165, 1.54) is 11.3 Å². The van der Waals surface area contributed by atoms with E-state index in [0.29, 0.717) is 11.6 Å². The molecule has 0 aromatic carbocycles. The summed E-state index contributed by atoms with van der Waals surface area (Å²) in [5, 5.41) is 2.66. The largest absolute Gasteiger partial charge is 0.364 e. The van der Waals surface area contributed by atoms with Crippen LogP contribution in [0.3, 0.4) is 0 Å². The van der Waals surface area contributed by atoms with Crippen molar-refractivity contribution in [1.29, 1.82) is 0 Å². The van der Waals surface area contributed by atoms with Crippen LogP contribution in [0, 0.1) is 0 Å². The second-order valence-electron chi connectivity index (χ2n) is 4.22. The van der Waals surface area contributed by atoms with E-state index < -0.39 is 5.91 Å². The fraction of sp³-hybridized carbons (Fsp3) is 0.545. The smallest absolute Gasteiger partial charge is 0.268 e. The molecule has 1 fully saturated rings. The third-order valence-electron chi connectivity index (χ3n) is 3.06. The van der Waals surface area contributed by atoms with Gasteiger partial charge < -0.3 is 10.6 Å². The van der Waals surface area contributed by atoms with Crippen molar-refractivity contribution in [3.63, 3.8) is 0 Å². The molecule has 1 aromatic heterocycles. The first-order valence-corrected chi connectivity index (χ1v) is 6.46. The Hall–Kier alpha value is -1.43. The quantitative estimate of drug-likeness (QED) is 0.853. The number of primary amides is 1. The number of nitrogens with zero attached hydrogens (tertiary/aromatic N) is 2. The van der Waals surface area contributed by atoms with Crippen LogP contribution in [0.5, 0.6) is 0 Å². The van der Waals surface area contributed by atoms with Crippen molar-refractivity contribution in [2.24, 2.45) is 5.73 Å². The Bertz CT molecular complexity index is 436.